The number of methoxy groups -OCH3 is 2. The molecule has 1 atom stereocenters. The van der Waals surface area contributed by atoms with E-state index in [0.717, 1.165) is 10.4 Å². The van der Waals surface area contributed by atoms with E-state index in [-0.39, 0.29) is 16.1 Å². The minimum atomic E-state index is -4.27. The van der Waals surface area contributed by atoms with Gasteiger partial charge in [-0.3, -0.25) is 4.31 Å². The number of halogens is 2. The van der Waals surface area contributed by atoms with Crippen LogP contribution in [0.15, 0.2) is 65.6 Å². The lowest BCUT2D eigenvalue weighted by atomic mass is 10.1. The molecule has 0 bridgehead atoms. The Labute approximate surface area is 180 Å². The number of aryl methyl sites for hydroxylation is 1. The van der Waals surface area contributed by atoms with Crippen molar-refractivity contribution >= 4 is 15.7 Å². The molecule has 0 unspecified atom stereocenters. The molecule has 3 aromatic rings. The van der Waals surface area contributed by atoms with Gasteiger partial charge in [0.2, 0.25) is 0 Å². The molecule has 0 N–H and O–H groups in total. The molecule has 0 radical (unpaired) electrons. The summed E-state index contributed by atoms with van der Waals surface area (Å²) in [6.45, 7) is 3.11. The molecule has 31 heavy (non-hydrogen) atoms. The van der Waals surface area contributed by atoms with E-state index in [1.807, 2.05) is 0 Å². The summed E-state index contributed by atoms with van der Waals surface area (Å²) in [5.41, 5.74) is 0.710. The van der Waals surface area contributed by atoms with Gasteiger partial charge in [0.05, 0.1) is 30.8 Å². The third-order valence-corrected chi connectivity index (χ3v) is 6.92. The standard InChI is InChI=1S/C23H23F2NO4S/c1-15-9-11-18(14-21(15)25)31(27,28)26(16(2)19-7-5-6-8-20(19)24)17-10-12-22(29-3)23(13-17)30-4/h5-14,16H,1-4H3/t16-/m0/s1. The fourth-order valence-electron chi connectivity index (χ4n) is 3.32. The van der Waals surface area contributed by atoms with Crippen LogP contribution >= 0.6 is 0 Å². The van der Waals surface area contributed by atoms with Gasteiger partial charge in [-0.15, -0.1) is 0 Å². The van der Waals surface area contributed by atoms with E-state index >= 15 is 0 Å². The maximum Gasteiger partial charge on any atom is 0.264 e. The van der Waals surface area contributed by atoms with E-state index in [1.165, 1.54) is 56.7 Å². The average molecular weight is 448 g/mol. The van der Waals surface area contributed by atoms with E-state index in [2.05, 4.69) is 0 Å². The molecule has 0 spiro atoms. The Balaban J connectivity index is 2.24. The number of sulfonamides is 1. The molecule has 5 nitrogen and oxygen atoms in total. The molecule has 0 aliphatic carbocycles. The molecule has 0 saturated heterocycles. The van der Waals surface area contributed by atoms with Crippen molar-refractivity contribution in [3.8, 4) is 11.5 Å². The number of benzene rings is 3. The third kappa shape index (κ3) is 4.34. The molecular formula is C23H23F2NO4S. The molecule has 0 aliphatic heterocycles. The van der Waals surface area contributed by atoms with E-state index < -0.39 is 27.7 Å². The third-order valence-electron chi connectivity index (χ3n) is 5.03. The van der Waals surface area contributed by atoms with Crippen LogP contribution in [0.25, 0.3) is 0 Å². The summed E-state index contributed by atoms with van der Waals surface area (Å²) in [5, 5.41) is 0. The molecule has 0 fully saturated rings. The van der Waals surface area contributed by atoms with E-state index in [9.17, 15) is 17.2 Å². The number of ether oxygens (including phenoxy) is 2. The first-order valence-electron chi connectivity index (χ1n) is 9.47. The van der Waals surface area contributed by atoms with E-state index in [0.29, 0.717) is 17.1 Å². The van der Waals surface area contributed by atoms with Gasteiger partial charge >= 0.3 is 0 Å². The largest absolute Gasteiger partial charge is 0.493 e. The van der Waals surface area contributed by atoms with Crippen LogP contribution < -0.4 is 13.8 Å². The summed E-state index contributed by atoms with van der Waals surface area (Å²) in [5.74, 6) is -0.489. The Bertz CT molecular complexity index is 1200. The van der Waals surface area contributed by atoms with Crippen LogP contribution in [0.4, 0.5) is 14.5 Å². The Hall–Kier alpha value is -3.13. The van der Waals surface area contributed by atoms with Crippen LogP contribution in [-0.2, 0) is 10.0 Å². The lowest BCUT2D eigenvalue weighted by molar-refractivity contribution is 0.355. The fourth-order valence-corrected chi connectivity index (χ4v) is 4.96. The van der Waals surface area contributed by atoms with Crippen LogP contribution in [0.3, 0.4) is 0 Å². The lowest BCUT2D eigenvalue weighted by Gasteiger charge is -2.31. The molecule has 0 aromatic heterocycles. The second-order valence-electron chi connectivity index (χ2n) is 6.95. The van der Waals surface area contributed by atoms with Gasteiger partial charge in [0.15, 0.2) is 11.5 Å². The molecule has 164 valence electrons. The van der Waals surface area contributed by atoms with E-state index in [4.69, 9.17) is 9.47 Å². The van der Waals surface area contributed by atoms with Gasteiger partial charge in [-0.25, -0.2) is 17.2 Å². The van der Waals surface area contributed by atoms with Crippen LogP contribution in [0.5, 0.6) is 11.5 Å². The van der Waals surface area contributed by atoms with Crippen molar-refractivity contribution in [2.75, 3.05) is 18.5 Å². The number of anilines is 1. The molecule has 0 saturated carbocycles. The highest BCUT2D eigenvalue weighted by Gasteiger charge is 2.32. The number of rotatable bonds is 7. The van der Waals surface area contributed by atoms with Gasteiger partial charge in [0.1, 0.15) is 11.6 Å². The quantitative estimate of drug-likeness (QED) is 0.497. The van der Waals surface area contributed by atoms with Crippen LogP contribution in [0, 0.1) is 18.6 Å². The lowest BCUT2D eigenvalue weighted by Crippen LogP contribution is -2.34. The Morgan fingerprint density at radius 3 is 2.16 bits per heavy atom. The highest BCUT2D eigenvalue weighted by Crippen LogP contribution is 2.39. The van der Waals surface area contributed by atoms with Crippen LogP contribution in [0.1, 0.15) is 24.1 Å². The van der Waals surface area contributed by atoms with Crippen molar-refractivity contribution in [1.82, 2.24) is 0 Å². The van der Waals surface area contributed by atoms with Gasteiger partial charge in [0, 0.05) is 11.6 Å². The molecule has 0 amide bonds. The Morgan fingerprint density at radius 1 is 0.871 bits per heavy atom. The zero-order chi connectivity index (χ0) is 22.8. The normalized spacial score (nSPS) is 12.3. The monoisotopic (exact) mass is 447 g/mol. The van der Waals surface area contributed by atoms with E-state index in [1.54, 1.807) is 26.0 Å². The number of hydrogen-bond donors (Lipinski definition) is 0. The van der Waals surface area contributed by atoms with Gasteiger partial charge in [-0.2, -0.15) is 0 Å². The van der Waals surface area contributed by atoms with Gasteiger partial charge < -0.3 is 9.47 Å². The molecule has 3 aromatic carbocycles. The predicted octanol–water partition coefficient (Wildman–Crippen LogP) is 5.25. The summed E-state index contributed by atoms with van der Waals surface area (Å²) in [4.78, 5) is -0.242. The minimum absolute atomic E-state index is 0.174. The minimum Gasteiger partial charge on any atom is -0.493 e. The molecule has 8 heteroatoms. The summed E-state index contributed by atoms with van der Waals surface area (Å²) < 4.78 is 67.6. The second kappa shape index (κ2) is 8.93. The first kappa shape index (κ1) is 22.6. The molecular weight excluding hydrogens is 424 g/mol. The summed E-state index contributed by atoms with van der Waals surface area (Å²) in [6.07, 6.45) is 0. The van der Waals surface area contributed by atoms with Crippen molar-refractivity contribution in [1.29, 1.82) is 0 Å². The number of hydrogen-bond acceptors (Lipinski definition) is 4. The average Bonchev–Trinajstić information content (AvgIpc) is 2.75. The Morgan fingerprint density at radius 2 is 1.55 bits per heavy atom. The zero-order valence-corrected chi connectivity index (χ0v) is 18.4. The van der Waals surface area contributed by atoms with Gasteiger partial charge in [-0.1, -0.05) is 24.3 Å². The molecule has 3 rings (SSSR count). The van der Waals surface area contributed by atoms with Crippen molar-refractivity contribution in [3.05, 3.63) is 83.4 Å². The topological polar surface area (TPSA) is 55.8 Å². The zero-order valence-electron chi connectivity index (χ0n) is 17.6. The molecule has 0 aliphatic rings. The fraction of sp³-hybridized carbons (Fsp3) is 0.217. The Kier molecular flexibility index (Phi) is 6.50. The van der Waals surface area contributed by atoms with Crippen LogP contribution in [0.2, 0.25) is 0 Å². The summed E-state index contributed by atoms with van der Waals surface area (Å²) >= 11 is 0. The second-order valence-corrected chi connectivity index (χ2v) is 8.76. The SMILES string of the molecule is COc1ccc(N([C@@H](C)c2ccccc2F)S(=O)(=O)c2ccc(C)c(F)c2)cc1OC. The summed E-state index contributed by atoms with van der Waals surface area (Å²) in [7, 11) is -1.38. The van der Waals surface area contributed by atoms with Gasteiger partial charge in [-0.05, 0) is 49.7 Å². The van der Waals surface area contributed by atoms with Gasteiger partial charge in [0.25, 0.3) is 10.0 Å². The van der Waals surface area contributed by atoms with Crippen molar-refractivity contribution in [2.24, 2.45) is 0 Å². The maximum atomic E-state index is 14.6. The molecule has 0 heterocycles. The highest BCUT2D eigenvalue weighted by molar-refractivity contribution is 7.92. The van der Waals surface area contributed by atoms with Crippen molar-refractivity contribution in [3.63, 3.8) is 0 Å². The number of nitrogens with zero attached hydrogens (tertiary/aromatic N) is 1. The maximum absolute atomic E-state index is 14.6. The van der Waals surface area contributed by atoms with Crippen LogP contribution in [-0.4, -0.2) is 22.6 Å². The first-order chi connectivity index (χ1) is 14.7. The summed E-state index contributed by atoms with van der Waals surface area (Å²) in [6, 6.07) is 13.2. The van der Waals surface area contributed by atoms with Crippen molar-refractivity contribution in [2.45, 2.75) is 24.8 Å². The highest BCUT2D eigenvalue weighted by atomic mass is 32.2. The smallest absolute Gasteiger partial charge is 0.264 e. The predicted molar refractivity (Wildman–Crippen MR) is 115 cm³/mol. The van der Waals surface area contributed by atoms with Crippen molar-refractivity contribution < 1.29 is 26.7 Å². The first-order valence-corrected chi connectivity index (χ1v) is 10.9.